The first kappa shape index (κ1) is 15.1. The molecule has 1 heterocycles. The summed E-state index contributed by atoms with van der Waals surface area (Å²) in [4.78, 5) is 19.6. The van der Waals surface area contributed by atoms with Gasteiger partial charge in [-0.3, -0.25) is 4.79 Å². The molecule has 1 aromatic heterocycles. The average molecular weight is 300 g/mol. The first-order chi connectivity index (χ1) is 10.2. The highest BCUT2D eigenvalue weighted by molar-refractivity contribution is 7.98. The lowest BCUT2D eigenvalue weighted by molar-refractivity contribution is -0.104. The number of aldehydes is 1. The molecule has 5 nitrogen and oxygen atoms in total. The van der Waals surface area contributed by atoms with Crippen molar-refractivity contribution in [2.24, 2.45) is 5.73 Å². The summed E-state index contributed by atoms with van der Waals surface area (Å²) >= 11 is 1.46. The minimum Gasteiger partial charge on any atom is -0.398 e. The van der Waals surface area contributed by atoms with Gasteiger partial charge in [0, 0.05) is 24.4 Å². The monoisotopic (exact) mass is 300 g/mol. The van der Waals surface area contributed by atoms with Crippen molar-refractivity contribution in [3.63, 3.8) is 0 Å². The van der Waals surface area contributed by atoms with Crippen molar-refractivity contribution in [2.45, 2.75) is 5.03 Å². The molecule has 0 saturated heterocycles. The largest absolute Gasteiger partial charge is 0.398 e. The van der Waals surface area contributed by atoms with Gasteiger partial charge in [-0.25, -0.2) is 9.97 Å². The van der Waals surface area contributed by atoms with Crippen LogP contribution in [-0.4, -0.2) is 29.6 Å². The topological polar surface area (TPSA) is 80.9 Å². The molecule has 0 aliphatic rings. The molecule has 1 aromatic carbocycles. The van der Waals surface area contributed by atoms with Crippen molar-refractivity contribution in [3.8, 4) is 11.3 Å². The van der Waals surface area contributed by atoms with Crippen LogP contribution >= 0.6 is 11.8 Å². The predicted octanol–water partition coefficient (Wildman–Crippen LogP) is 2.41. The van der Waals surface area contributed by atoms with Crippen molar-refractivity contribution >= 4 is 29.7 Å². The van der Waals surface area contributed by atoms with E-state index in [2.05, 4.69) is 15.3 Å². The summed E-state index contributed by atoms with van der Waals surface area (Å²) in [6.45, 7) is 0. The maximum Gasteiger partial charge on any atom is 0.224 e. The summed E-state index contributed by atoms with van der Waals surface area (Å²) in [5, 5.41) is 3.67. The Morgan fingerprint density at radius 1 is 1.29 bits per heavy atom. The van der Waals surface area contributed by atoms with Gasteiger partial charge in [-0.15, -0.1) is 11.8 Å². The molecule has 108 valence electrons. The second kappa shape index (κ2) is 6.90. The van der Waals surface area contributed by atoms with E-state index in [4.69, 9.17) is 5.73 Å². The number of carbonyl (C=O) groups excluding carboxylic acids is 1. The summed E-state index contributed by atoms with van der Waals surface area (Å²) in [7, 11) is 1.76. The lowest BCUT2D eigenvalue weighted by atomic mass is 10.0. The Kier molecular flexibility index (Phi) is 4.94. The Bertz CT molecular complexity index is 671. The van der Waals surface area contributed by atoms with Crippen LogP contribution in [0.5, 0.6) is 0 Å². The van der Waals surface area contributed by atoms with Crippen molar-refractivity contribution in [3.05, 3.63) is 42.0 Å². The number of carbonyl (C=O) groups is 1. The van der Waals surface area contributed by atoms with Crippen LogP contribution in [0.1, 0.15) is 5.56 Å². The molecule has 2 aromatic rings. The second-order valence-corrected chi connectivity index (χ2v) is 4.95. The van der Waals surface area contributed by atoms with E-state index in [9.17, 15) is 4.79 Å². The fourth-order valence-electron chi connectivity index (χ4n) is 1.92. The van der Waals surface area contributed by atoms with Gasteiger partial charge in [0.05, 0.1) is 11.3 Å². The maximum absolute atomic E-state index is 10.7. The third kappa shape index (κ3) is 3.22. The molecule has 0 unspecified atom stereocenters. The molecule has 6 heteroatoms. The number of benzene rings is 1. The number of hydrogen-bond acceptors (Lipinski definition) is 6. The molecular weight excluding hydrogens is 284 g/mol. The molecule has 0 amide bonds. The highest BCUT2D eigenvalue weighted by atomic mass is 32.2. The van der Waals surface area contributed by atoms with Gasteiger partial charge in [0.15, 0.2) is 0 Å². The first-order valence-electron chi connectivity index (χ1n) is 6.31. The molecular formula is C15H16N4OS. The van der Waals surface area contributed by atoms with E-state index >= 15 is 0 Å². The van der Waals surface area contributed by atoms with Crippen LogP contribution in [0.4, 0.5) is 5.95 Å². The molecule has 0 saturated carbocycles. The summed E-state index contributed by atoms with van der Waals surface area (Å²) in [6, 6.07) is 9.69. The molecule has 0 atom stereocenters. The van der Waals surface area contributed by atoms with E-state index in [0.29, 0.717) is 29.2 Å². The number of rotatable bonds is 5. The predicted molar refractivity (Wildman–Crippen MR) is 87.0 cm³/mol. The van der Waals surface area contributed by atoms with E-state index in [-0.39, 0.29) is 0 Å². The van der Waals surface area contributed by atoms with Crippen LogP contribution in [0.25, 0.3) is 17.0 Å². The van der Waals surface area contributed by atoms with E-state index in [0.717, 1.165) is 10.6 Å². The number of allylic oxidation sites excluding steroid dienone is 1. The molecule has 0 radical (unpaired) electrons. The number of hydrogen-bond donors (Lipinski definition) is 2. The van der Waals surface area contributed by atoms with E-state index < -0.39 is 0 Å². The zero-order valence-corrected chi connectivity index (χ0v) is 12.6. The van der Waals surface area contributed by atoms with Crippen LogP contribution in [0, 0.1) is 0 Å². The van der Waals surface area contributed by atoms with Gasteiger partial charge < -0.3 is 11.1 Å². The number of nitrogens with two attached hydrogens (primary N) is 1. The van der Waals surface area contributed by atoms with Crippen LogP contribution in [0.2, 0.25) is 0 Å². The third-order valence-corrected chi connectivity index (χ3v) is 3.56. The van der Waals surface area contributed by atoms with Crippen LogP contribution < -0.4 is 11.1 Å². The normalized spacial score (nSPS) is 11.2. The highest BCUT2D eigenvalue weighted by Gasteiger charge is 2.17. The first-order valence-corrected chi connectivity index (χ1v) is 7.54. The van der Waals surface area contributed by atoms with Crippen molar-refractivity contribution < 1.29 is 4.79 Å². The number of nitrogens with zero attached hydrogens (tertiary/aromatic N) is 2. The standard InChI is InChI=1S/C15H16N4OS/c1-17-15-18-13(10-6-4-3-5-7-10)12(11(16)8-9-20)14(19-15)21-2/h3-9H,16H2,1-2H3,(H,17,18,19)/b11-8-. The number of aromatic nitrogens is 2. The van der Waals surface area contributed by atoms with Crippen molar-refractivity contribution in [2.75, 3.05) is 18.6 Å². The van der Waals surface area contributed by atoms with E-state index in [1.807, 2.05) is 36.6 Å². The molecule has 0 spiro atoms. The van der Waals surface area contributed by atoms with Gasteiger partial charge in [0.25, 0.3) is 0 Å². The van der Waals surface area contributed by atoms with Crippen LogP contribution in [0.15, 0.2) is 41.4 Å². The van der Waals surface area contributed by atoms with Gasteiger partial charge in [-0.2, -0.15) is 0 Å². The molecule has 2 rings (SSSR count). The maximum atomic E-state index is 10.7. The molecule has 21 heavy (non-hydrogen) atoms. The summed E-state index contributed by atoms with van der Waals surface area (Å²) in [5.74, 6) is 0.515. The average Bonchev–Trinajstić information content (AvgIpc) is 2.54. The van der Waals surface area contributed by atoms with Crippen molar-refractivity contribution in [1.82, 2.24) is 9.97 Å². The van der Waals surface area contributed by atoms with Gasteiger partial charge in [0.1, 0.15) is 11.3 Å². The lowest BCUT2D eigenvalue weighted by Gasteiger charge is -2.14. The van der Waals surface area contributed by atoms with Crippen LogP contribution in [-0.2, 0) is 4.79 Å². The zero-order valence-electron chi connectivity index (χ0n) is 11.8. The Hall–Kier alpha value is -2.34. The zero-order chi connectivity index (χ0) is 15.2. The molecule has 3 N–H and O–H groups in total. The van der Waals surface area contributed by atoms with Gasteiger partial charge in [-0.05, 0) is 6.26 Å². The Labute approximate surface area is 127 Å². The third-order valence-electron chi connectivity index (χ3n) is 2.88. The lowest BCUT2D eigenvalue weighted by Crippen LogP contribution is -2.08. The number of anilines is 1. The smallest absolute Gasteiger partial charge is 0.224 e. The van der Waals surface area contributed by atoms with E-state index in [1.165, 1.54) is 17.8 Å². The number of thioether (sulfide) groups is 1. The minimum absolute atomic E-state index is 0.357. The van der Waals surface area contributed by atoms with Gasteiger partial charge in [0.2, 0.25) is 5.95 Å². The SMILES string of the molecule is CNc1nc(SC)c(/C(N)=C/C=O)c(-c2ccccc2)n1. The van der Waals surface area contributed by atoms with Gasteiger partial charge in [-0.1, -0.05) is 30.3 Å². The fourth-order valence-corrected chi connectivity index (χ4v) is 2.52. The highest BCUT2D eigenvalue weighted by Crippen LogP contribution is 2.32. The minimum atomic E-state index is 0.357. The Morgan fingerprint density at radius 3 is 2.57 bits per heavy atom. The summed E-state index contributed by atoms with van der Waals surface area (Å²) in [5.41, 5.74) is 8.69. The molecule has 0 aliphatic heterocycles. The Balaban J connectivity index is 2.76. The Morgan fingerprint density at radius 2 is 2.00 bits per heavy atom. The molecule has 0 aliphatic carbocycles. The van der Waals surface area contributed by atoms with Crippen molar-refractivity contribution in [1.29, 1.82) is 0 Å². The fraction of sp³-hybridized carbons (Fsp3) is 0.133. The summed E-state index contributed by atoms with van der Waals surface area (Å²) in [6.07, 6.45) is 3.90. The number of nitrogens with one attached hydrogen (secondary N) is 1. The molecule has 0 bridgehead atoms. The quantitative estimate of drug-likeness (QED) is 0.382. The van der Waals surface area contributed by atoms with Crippen LogP contribution in [0.3, 0.4) is 0 Å². The molecule has 0 fully saturated rings. The van der Waals surface area contributed by atoms with Gasteiger partial charge >= 0.3 is 0 Å². The van der Waals surface area contributed by atoms with E-state index in [1.54, 1.807) is 7.05 Å². The summed E-state index contributed by atoms with van der Waals surface area (Å²) < 4.78 is 0. The second-order valence-electron chi connectivity index (χ2n) is 4.15.